The highest BCUT2D eigenvalue weighted by atomic mass is 16.6. The number of hydrogen-bond acceptors (Lipinski definition) is 2. The minimum atomic E-state index is -0.383. The Kier molecular flexibility index (Phi) is 4.57. The van der Waals surface area contributed by atoms with E-state index in [1.54, 1.807) is 6.08 Å². The van der Waals surface area contributed by atoms with E-state index in [2.05, 4.69) is 6.92 Å². The number of esters is 1. The first kappa shape index (κ1) is 13.3. The van der Waals surface area contributed by atoms with Crippen molar-refractivity contribution in [2.45, 2.75) is 65.4 Å². The van der Waals surface area contributed by atoms with Crippen LogP contribution in [0.15, 0.2) is 11.6 Å². The van der Waals surface area contributed by atoms with Gasteiger partial charge in [-0.15, -0.1) is 0 Å². The maximum Gasteiger partial charge on any atom is 0.331 e. The maximum atomic E-state index is 11.6. The highest BCUT2D eigenvalue weighted by molar-refractivity contribution is 5.83. The summed E-state index contributed by atoms with van der Waals surface area (Å²) in [4.78, 5) is 11.6. The lowest BCUT2D eigenvalue weighted by atomic mass is 10.0. The molecule has 2 heteroatoms. The molecule has 1 rings (SSSR count). The summed E-state index contributed by atoms with van der Waals surface area (Å²) in [6, 6.07) is 0. The fraction of sp³-hybridized carbons (Fsp3) is 0.786. The molecule has 0 radical (unpaired) electrons. The zero-order valence-electron chi connectivity index (χ0n) is 11.0. The molecule has 1 aliphatic carbocycles. The minimum Gasteiger partial charge on any atom is -0.457 e. The third-order valence-corrected chi connectivity index (χ3v) is 2.88. The minimum absolute atomic E-state index is 0.183. The van der Waals surface area contributed by atoms with Crippen LogP contribution < -0.4 is 0 Å². The largest absolute Gasteiger partial charge is 0.457 e. The van der Waals surface area contributed by atoms with Gasteiger partial charge in [-0.05, 0) is 52.4 Å². The normalized spacial score (nSPS) is 25.2. The molecule has 0 saturated heterocycles. The molecule has 1 aliphatic rings. The molecular weight excluding hydrogens is 200 g/mol. The van der Waals surface area contributed by atoms with Crippen molar-refractivity contribution in [3.05, 3.63) is 11.6 Å². The number of carbonyl (C=O) groups is 1. The highest BCUT2D eigenvalue weighted by Crippen LogP contribution is 2.26. The summed E-state index contributed by atoms with van der Waals surface area (Å²) in [5.74, 6) is 0.613. The van der Waals surface area contributed by atoms with Crippen LogP contribution in [0, 0.1) is 5.92 Å². The smallest absolute Gasteiger partial charge is 0.331 e. The van der Waals surface area contributed by atoms with Gasteiger partial charge in [0.15, 0.2) is 0 Å². The Balaban J connectivity index is 2.52. The van der Waals surface area contributed by atoms with E-state index in [0.29, 0.717) is 0 Å². The van der Waals surface area contributed by atoms with E-state index < -0.39 is 0 Å². The number of ether oxygens (including phenoxy) is 1. The van der Waals surface area contributed by atoms with E-state index in [4.69, 9.17) is 4.74 Å². The van der Waals surface area contributed by atoms with Gasteiger partial charge in [0.2, 0.25) is 0 Å². The van der Waals surface area contributed by atoms with Crippen molar-refractivity contribution in [1.29, 1.82) is 0 Å². The van der Waals surface area contributed by atoms with Crippen LogP contribution in [0.2, 0.25) is 0 Å². The van der Waals surface area contributed by atoms with Crippen molar-refractivity contribution >= 4 is 5.97 Å². The van der Waals surface area contributed by atoms with Crippen molar-refractivity contribution in [1.82, 2.24) is 0 Å². The molecule has 0 N–H and O–H groups in total. The van der Waals surface area contributed by atoms with Crippen LogP contribution in [0.4, 0.5) is 0 Å². The van der Waals surface area contributed by atoms with Crippen LogP contribution in [-0.4, -0.2) is 11.6 Å². The summed E-state index contributed by atoms with van der Waals surface area (Å²) in [6.07, 6.45) is 7.52. The molecule has 2 nitrogen and oxygen atoms in total. The van der Waals surface area contributed by atoms with E-state index >= 15 is 0 Å². The summed E-state index contributed by atoms with van der Waals surface area (Å²) in [5, 5.41) is 0. The average molecular weight is 224 g/mol. The quantitative estimate of drug-likeness (QED) is 0.384. The summed E-state index contributed by atoms with van der Waals surface area (Å²) in [5.41, 5.74) is 0.880. The van der Waals surface area contributed by atoms with Crippen molar-refractivity contribution in [2.75, 3.05) is 0 Å². The van der Waals surface area contributed by atoms with Gasteiger partial charge in [0.1, 0.15) is 5.60 Å². The lowest BCUT2D eigenvalue weighted by Gasteiger charge is -2.18. The monoisotopic (exact) mass is 224 g/mol. The molecule has 1 fully saturated rings. The van der Waals surface area contributed by atoms with Crippen LogP contribution in [0.3, 0.4) is 0 Å². The van der Waals surface area contributed by atoms with E-state index in [-0.39, 0.29) is 11.6 Å². The predicted molar refractivity (Wildman–Crippen MR) is 66.2 cm³/mol. The lowest BCUT2D eigenvalue weighted by Crippen LogP contribution is -2.22. The molecule has 16 heavy (non-hydrogen) atoms. The van der Waals surface area contributed by atoms with Gasteiger partial charge in [-0.1, -0.05) is 18.9 Å². The first-order valence-electron chi connectivity index (χ1n) is 6.29. The van der Waals surface area contributed by atoms with Gasteiger partial charge in [0.25, 0.3) is 0 Å². The molecule has 1 saturated carbocycles. The fourth-order valence-electron chi connectivity index (χ4n) is 2.02. The Morgan fingerprint density at radius 2 is 2.00 bits per heavy atom. The van der Waals surface area contributed by atoms with Crippen LogP contribution in [0.5, 0.6) is 0 Å². The number of allylic oxidation sites excluding steroid dienone is 1. The summed E-state index contributed by atoms with van der Waals surface area (Å²) in [6.45, 7) is 7.99. The van der Waals surface area contributed by atoms with Crippen molar-refractivity contribution < 1.29 is 9.53 Å². The van der Waals surface area contributed by atoms with E-state index in [0.717, 1.165) is 18.8 Å². The van der Waals surface area contributed by atoms with E-state index in [1.165, 1.54) is 24.8 Å². The predicted octanol–water partition coefficient (Wildman–Crippen LogP) is 3.85. The van der Waals surface area contributed by atoms with Gasteiger partial charge in [-0.2, -0.15) is 0 Å². The topological polar surface area (TPSA) is 26.3 Å². The third kappa shape index (κ3) is 5.34. The Morgan fingerprint density at radius 1 is 1.31 bits per heavy atom. The van der Waals surface area contributed by atoms with Gasteiger partial charge in [-0.25, -0.2) is 4.79 Å². The molecular formula is C14H24O2. The summed E-state index contributed by atoms with van der Waals surface area (Å²) in [7, 11) is 0. The second kappa shape index (κ2) is 5.51. The highest BCUT2D eigenvalue weighted by Gasteiger charge is 2.16. The number of hydrogen-bond donors (Lipinski definition) is 0. The Labute approximate surface area is 99.1 Å². The molecule has 0 amide bonds. The van der Waals surface area contributed by atoms with Gasteiger partial charge in [0.05, 0.1) is 0 Å². The maximum absolute atomic E-state index is 11.6. The summed E-state index contributed by atoms with van der Waals surface area (Å²) < 4.78 is 5.29. The van der Waals surface area contributed by atoms with Crippen LogP contribution in [0.1, 0.15) is 59.8 Å². The molecule has 0 aromatic heterocycles. The van der Waals surface area contributed by atoms with Crippen molar-refractivity contribution in [2.24, 2.45) is 5.92 Å². The zero-order valence-corrected chi connectivity index (χ0v) is 11.0. The van der Waals surface area contributed by atoms with Gasteiger partial charge in [0, 0.05) is 6.08 Å². The molecule has 1 unspecified atom stereocenters. The molecule has 0 aromatic carbocycles. The Morgan fingerprint density at radius 3 is 2.62 bits per heavy atom. The number of rotatable bonds is 1. The third-order valence-electron chi connectivity index (χ3n) is 2.88. The summed E-state index contributed by atoms with van der Waals surface area (Å²) >= 11 is 0. The van der Waals surface area contributed by atoms with Crippen LogP contribution in [0.25, 0.3) is 0 Å². The van der Waals surface area contributed by atoms with Gasteiger partial charge in [-0.3, -0.25) is 0 Å². The van der Waals surface area contributed by atoms with Crippen LogP contribution in [-0.2, 0) is 9.53 Å². The van der Waals surface area contributed by atoms with E-state index in [1.807, 2.05) is 20.8 Å². The van der Waals surface area contributed by atoms with Crippen LogP contribution >= 0.6 is 0 Å². The van der Waals surface area contributed by atoms with Crippen molar-refractivity contribution in [3.8, 4) is 0 Å². The second-order valence-electron chi connectivity index (χ2n) is 5.87. The zero-order chi connectivity index (χ0) is 12.2. The molecule has 92 valence electrons. The molecule has 1 atom stereocenters. The molecule has 0 spiro atoms. The Hall–Kier alpha value is -0.790. The average Bonchev–Trinajstić information content (AvgIpc) is 2.27. The van der Waals surface area contributed by atoms with Crippen molar-refractivity contribution in [3.63, 3.8) is 0 Å². The molecule has 0 aromatic rings. The lowest BCUT2D eigenvalue weighted by molar-refractivity contribution is -0.148. The fourth-order valence-corrected chi connectivity index (χ4v) is 2.02. The molecule has 0 heterocycles. The first-order valence-corrected chi connectivity index (χ1v) is 6.29. The van der Waals surface area contributed by atoms with Gasteiger partial charge < -0.3 is 4.74 Å². The Bertz CT molecular complexity index is 271. The van der Waals surface area contributed by atoms with E-state index in [9.17, 15) is 4.79 Å². The first-order chi connectivity index (χ1) is 7.37. The molecule has 0 aliphatic heterocycles. The van der Waals surface area contributed by atoms with Gasteiger partial charge >= 0.3 is 5.97 Å². The second-order valence-corrected chi connectivity index (χ2v) is 5.87. The molecule has 0 bridgehead atoms. The standard InChI is InChI=1S/C14H24O2/c1-11-6-5-7-12(9-8-11)10-13(15)16-14(2,3)4/h10-11H,5-9H2,1-4H3/b12-10-. The SMILES string of the molecule is CC1CCC/C(=C/C(=O)OC(C)(C)C)CC1. The number of carbonyl (C=O) groups excluding carboxylic acids is 1.